The van der Waals surface area contributed by atoms with Gasteiger partial charge >= 0.3 is 0 Å². The molecule has 1 fully saturated rings. The van der Waals surface area contributed by atoms with Crippen molar-refractivity contribution in [3.05, 3.63) is 98.6 Å². The van der Waals surface area contributed by atoms with Crippen LogP contribution < -0.4 is 11.1 Å². The SMILES string of the molecule is Cc1c(C(=O)Nc2cccc(C(=O)N3CCC[C@H]3C(N)=O)c2)nn(-c2ccc(Cl)cc2Cl)c1-c1ccc(Cl)cc1. The van der Waals surface area contributed by atoms with Crippen molar-refractivity contribution in [1.82, 2.24) is 14.7 Å². The highest BCUT2D eigenvalue weighted by atomic mass is 35.5. The molecule has 1 aliphatic heterocycles. The van der Waals surface area contributed by atoms with E-state index in [1.807, 2.05) is 12.1 Å². The molecule has 0 aliphatic carbocycles. The van der Waals surface area contributed by atoms with E-state index in [9.17, 15) is 14.4 Å². The van der Waals surface area contributed by atoms with Crippen molar-refractivity contribution in [1.29, 1.82) is 0 Å². The number of anilines is 1. The smallest absolute Gasteiger partial charge is 0.276 e. The fourth-order valence-corrected chi connectivity index (χ4v) is 5.49. The number of aromatic nitrogens is 2. The van der Waals surface area contributed by atoms with Crippen LogP contribution in [0.25, 0.3) is 16.9 Å². The third-order valence-electron chi connectivity index (χ3n) is 6.80. The standard InChI is InChI=1S/C29H24Cl3N5O3/c1-16-25(28(39)34-21-5-2-4-18(14-21)29(40)36-13-3-6-24(36)27(33)38)35-37(23-12-11-20(31)15-22(23)32)26(16)17-7-9-19(30)10-8-17/h2,4-5,7-12,14-15,24H,3,6,13H2,1H3,(H2,33,38)(H,34,39)/t24-/m0/s1. The Bertz CT molecular complexity index is 1630. The maximum Gasteiger partial charge on any atom is 0.276 e. The van der Waals surface area contributed by atoms with Crippen molar-refractivity contribution < 1.29 is 14.4 Å². The van der Waals surface area contributed by atoms with Gasteiger partial charge in [-0.1, -0.05) is 53.0 Å². The number of amides is 3. The van der Waals surface area contributed by atoms with Gasteiger partial charge in [0.25, 0.3) is 11.8 Å². The Hall–Kier alpha value is -3.85. The first kappa shape index (κ1) is 27.7. The number of carbonyl (C=O) groups is 3. The van der Waals surface area contributed by atoms with Crippen LogP contribution in [0, 0.1) is 6.92 Å². The highest BCUT2D eigenvalue weighted by Gasteiger charge is 2.33. The van der Waals surface area contributed by atoms with E-state index < -0.39 is 17.9 Å². The molecule has 0 spiro atoms. The van der Waals surface area contributed by atoms with Crippen molar-refractivity contribution in [2.45, 2.75) is 25.8 Å². The molecule has 1 saturated heterocycles. The van der Waals surface area contributed by atoms with E-state index >= 15 is 0 Å². The number of halogens is 3. The Morgan fingerprint density at radius 3 is 2.40 bits per heavy atom. The first-order valence-corrected chi connectivity index (χ1v) is 13.6. The van der Waals surface area contributed by atoms with Crippen molar-refractivity contribution in [2.24, 2.45) is 5.73 Å². The largest absolute Gasteiger partial charge is 0.368 e. The summed E-state index contributed by atoms with van der Waals surface area (Å²) >= 11 is 18.7. The van der Waals surface area contributed by atoms with Gasteiger partial charge in [-0.2, -0.15) is 5.10 Å². The molecule has 4 aromatic rings. The number of rotatable bonds is 6. The molecule has 0 radical (unpaired) electrons. The van der Waals surface area contributed by atoms with Crippen LogP contribution in [0.4, 0.5) is 5.69 Å². The maximum atomic E-state index is 13.5. The van der Waals surface area contributed by atoms with Gasteiger partial charge < -0.3 is 16.0 Å². The van der Waals surface area contributed by atoms with Gasteiger partial charge in [0.05, 0.1) is 16.4 Å². The molecule has 204 valence electrons. The summed E-state index contributed by atoms with van der Waals surface area (Å²) in [4.78, 5) is 39.9. The monoisotopic (exact) mass is 595 g/mol. The van der Waals surface area contributed by atoms with Crippen molar-refractivity contribution in [3.8, 4) is 16.9 Å². The summed E-state index contributed by atoms with van der Waals surface area (Å²) in [5, 5.41) is 8.87. The van der Waals surface area contributed by atoms with Crippen molar-refractivity contribution in [3.63, 3.8) is 0 Å². The Morgan fingerprint density at radius 1 is 0.975 bits per heavy atom. The van der Waals surface area contributed by atoms with Gasteiger partial charge in [-0.15, -0.1) is 0 Å². The lowest BCUT2D eigenvalue weighted by Crippen LogP contribution is -2.43. The van der Waals surface area contributed by atoms with E-state index in [0.29, 0.717) is 62.6 Å². The number of benzene rings is 3. The van der Waals surface area contributed by atoms with Crippen LogP contribution in [0.5, 0.6) is 0 Å². The van der Waals surface area contributed by atoms with E-state index in [2.05, 4.69) is 10.4 Å². The summed E-state index contributed by atoms with van der Waals surface area (Å²) in [6.07, 6.45) is 1.23. The molecule has 5 rings (SSSR count). The summed E-state index contributed by atoms with van der Waals surface area (Å²) in [5.41, 5.74) is 8.97. The van der Waals surface area contributed by atoms with Crippen LogP contribution in [0.1, 0.15) is 39.3 Å². The third-order valence-corrected chi connectivity index (χ3v) is 7.59. The minimum atomic E-state index is -0.636. The first-order valence-electron chi connectivity index (χ1n) is 12.5. The molecule has 11 heteroatoms. The number of hydrogen-bond acceptors (Lipinski definition) is 4. The molecule has 0 bridgehead atoms. The average molecular weight is 597 g/mol. The summed E-state index contributed by atoms with van der Waals surface area (Å²) in [5.74, 6) is -1.32. The van der Waals surface area contributed by atoms with E-state index in [1.54, 1.807) is 66.2 Å². The van der Waals surface area contributed by atoms with E-state index in [0.717, 1.165) is 5.56 Å². The van der Waals surface area contributed by atoms with Crippen LogP contribution in [0.15, 0.2) is 66.7 Å². The Labute approximate surface area is 245 Å². The van der Waals surface area contributed by atoms with Gasteiger partial charge in [0.15, 0.2) is 5.69 Å². The van der Waals surface area contributed by atoms with Crippen LogP contribution >= 0.6 is 34.8 Å². The van der Waals surface area contributed by atoms with Gasteiger partial charge in [-0.25, -0.2) is 4.68 Å². The molecular weight excluding hydrogens is 573 g/mol. The zero-order chi connectivity index (χ0) is 28.6. The second kappa shape index (κ2) is 11.3. The zero-order valence-electron chi connectivity index (χ0n) is 21.3. The van der Waals surface area contributed by atoms with E-state index in [4.69, 9.17) is 40.5 Å². The lowest BCUT2D eigenvalue weighted by atomic mass is 10.1. The highest BCUT2D eigenvalue weighted by Crippen LogP contribution is 2.33. The highest BCUT2D eigenvalue weighted by molar-refractivity contribution is 6.35. The predicted molar refractivity (Wildman–Crippen MR) is 156 cm³/mol. The lowest BCUT2D eigenvalue weighted by Gasteiger charge is -2.22. The maximum absolute atomic E-state index is 13.5. The molecule has 1 aliphatic rings. The molecule has 3 amide bonds. The van der Waals surface area contributed by atoms with Crippen LogP contribution in [-0.4, -0.2) is 45.0 Å². The normalized spacial score (nSPS) is 14.8. The summed E-state index contributed by atoms with van der Waals surface area (Å²) in [6, 6.07) is 18.1. The summed E-state index contributed by atoms with van der Waals surface area (Å²) in [7, 11) is 0. The van der Waals surface area contributed by atoms with E-state index in [-0.39, 0.29) is 11.6 Å². The number of carbonyl (C=O) groups excluding carboxylic acids is 3. The minimum Gasteiger partial charge on any atom is -0.368 e. The molecule has 1 atom stereocenters. The van der Waals surface area contributed by atoms with Gasteiger partial charge in [-0.05, 0) is 68.3 Å². The molecule has 3 N–H and O–H groups in total. The van der Waals surface area contributed by atoms with Gasteiger partial charge in [0.2, 0.25) is 5.91 Å². The Balaban J connectivity index is 1.49. The summed E-state index contributed by atoms with van der Waals surface area (Å²) in [6.45, 7) is 2.24. The second-order valence-corrected chi connectivity index (χ2v) is 10.7. The fraction of sp³-hybridized carbons (Fsp3) is 0.172. The van der Waals surface area contributed by atoms with Crippen LogP contribution in [0.3, 0.4) is 0 Å². The Kier molecular flexibility index (Phi) is 7.85. The average Bonchev–Trinajstić information content (AvgIpc) is 3.54. The lowest BCUT2D eigenvalue weighted by molar-refractivity contribution is -0.121. The quantitative estimate of drug-likeness (QED) is 0.278. The molecule has 1 aromatic heterocycles. The van der Waals surface area contributed by atoms with Gasteiger partial charge in [0, 0.05) is 39.0 Å². The van der Waals surface area contributed by atoms with Gasteiger partial charge in [-0.3, -0.25) is 14.4 Å². The number of likely N-dealkylation sites (tertiary alicyclic amines) is 1. The molecular formula is C29H24Cl3N5O3. The van der Waals surface area contributed by atoms with E-state index in [1.165, 1.54) is 4.90 Å². The van der Waals surface area contributed by atoms with Crippen LogP contribution in [-0.2, 0) is 4.79 Å². The Morgan fingerprint density at radius 2 is 1.70 bits per heavy atom. The number of primary amides is 1. The first-order chi connectivity index (χ1) is 19.1. The third kappa shape index (κ3) is 5.43. The molecule has 2 heterocycles. The van der Waals surface area contributed by atoms with Crippen molar-refractivity contribution >= 4 is 58.2 Å². The number of nitrogens with two attached hydrogens (primary N) is 1. The molecule has 3 aromatic carbocycles. The van der Waals surface area contributed by atoms with Crippen molar-refractivity contribution in [2.75, 3.05) is 11.9 Å². The minimum absolute atomic E-state index is 0.168. The topological polar surface area (TPSA) is 110 Å². The summed E-state index contributed by atoms with van der Waals surface area (Å²) < 4.78 is 1.60. The molecule has 40 heavy (non-hydrogen) atoms. The molecule has 8 nitrogen and oxygen atoms in total. The second-order valence-electron chi connectivity index (χ2n) is 9.43. The number of nitrogens with one attached hydrogen (secondary N) is 1. The van der Waals surface area contributed by atoms with Crippen LogP contribution in [0.2, 0.25) is 15.1 Å². The zero-order valence-corrected chi connectivity index (χ0v) is 23.6. The number of nitrogens with zero attached hydrogens (tertiary/aromatic N) is 3. The number of hydrogen-bond donors (Lipinski definition) is 2. The van der Waals surface area contributed by atoms with Gasteiger partial charge in [0.1, 0.15) is 6.04 Å². The molecule has 0 unspecified atom stereocenters. The predicted octanol–water partition coefficient (Wildman–Crippen LogP) is 6.15. The fourth-order valence-electron chi connectivity index (χ4n) is 4.88. The molecule has 0 saturated carbocycles.